The Morgan fingerprint density at radius 1 is 1.10 bits per heavy atom. The van der Waals surface area contributed by atoms with E-state index in [1.165, 1.54) is 18.2 Å². The monoisotopic (exact) mass is 521 g/mol. The van der Waals surface area contributed by atoms with Crippen molar-refractivity contribution in [2.24, 2.45) is 0 Å². The number of ether oxygens (including phenoxy) is 1. The van der Waals surface area contributed by atoms with Crippen LogP contribution in [0.5, 0.6) is 11.5 Å². The van der Waals surface area contributed by atoms with Crippen molar-refractivity contribution < 1.29 is 14.6 Å². The molecule has 0 fully saturated rings. The molecule has 0 heterocycles. The molecule has 0 unspecified atom stereocenters. The second kappa shape index (κ2) is 10.3. The Morgan fingerprint density at radius 2 is 1.84 bits per heavy atom. The molecular weight excluding hydrogens is 505 g/mol. The highest BCUT2D eigenvalue weighted by Crippen LogP contribution is 2.25. The molecule has 1 amide bonds. The highest BCUT2D eigenvalue weighted by molar-refractivity contribution is 14.1. The topological polar surface area (TPSA) is 106 Å². The number of hydrogen-bond acceptors (Lipinski definition) is 5. The molecular formula is C24H16IN3O3. The fourth-order valence-electron chi connectivity index (χ4n) is 2.69. The SMILES string of the molecule is N#C/C(=C\c1ccc(OCc2ccccc2C#N)c(I)c1)C(=O)Nc1ccc(O)cc1. The number of carbonyl (C=O) groups is 1. The number of nitrogens with zero attached hydrogens (tertiary/aromatic N) is 2. The molecule has 0 bridgehead atoms. The molecule has 7 heteroatoms. The van der Waals surface area contributed by atoms with Crippen molar-refractivity contribution in [3.8, 4) is 23.6 Å². The van der Waals surface area contributed by atoms with Crippen molar-refractivity contribution in [2.45, 2.75) is 6.61 Å². The highest BCUT2D eigenvalue weighted by Gasteiger charge is 2.11. The van der Waals surface area contributed by atoms with Crippen molar-refractivity contribution >= 4 is 40.3 Å². The number of hydrogen-bond donors (Lipinski definition) is 2. The van der Waals surface area contributed by atoms with E-state index in [-0.39, 0.29) is 17.9 Å². The zero-order chi connectivity index (χ0) is 22.2. The summed E-state index contributed by atoms with van der Waals surface area (Å²) >= 11 is 2.12. The number of aromatic hydroxyl groups is 1. The van der Waals surface area contributed by atoms with Crippen LogP contribution in [-0.2, 0) is 11.4 Å². The Hall–Kier alpha value is -3.82. The summed E-state index contributed by atoms with van der Waals surface area (Å²) in [5.74, 6) is 0.177. The van der Waals surface area contributed by atoms with Crippen LogP contribution in [0, 0.1) is 26.2 Å². The van der Waals surface area contributed by atoms with Gasteiger partial charge in [0.2, 0.25) is 0 Å². The summed E-state index contributed by atoms with van der Waals surface area (Å²) in [7, 11) is 0. The molecule has 0 aliphatic heterocycles. The fourth-order valence-corrected chi connectivity index (χ4v) is 3.39. The van der Waals surface area contributed by atoms with E-state index in [2.05, 4.69) is 34.0 Å². The average molecular weight is 521 g/mol. The van der Waals surface area contributed by atoms with E-state index in [9.17, 15) is 20.4 Å². The Bertz CT molecular complexity index is 1220. The molecule has 0 radical (unpaired) electrons. The molecule has 152 valence electrons. The van der Waals surface area contributed by atoms with Crippen LogP contribution in [-0.4, -0.2) is 11.0 Å². The minimum absolute atomic E-state index is 0.0551. The average Bonchev–Trinajstić information content (AvgIpc) is 2.78. The second-order valence-electron chi connectivity index (χ2n) is 6.42. The molecule has 0 aliphatic rings. The van der Waals surface area contributed by atoms with Gasteiger partial charge in [-0.1, -0.05) is 24.3 Å². The zero-order valence-electron chi connectivity index (χ0n) is 16.2. The van der Waals surface area contributed by atoms with E-state index < -0.39 is 5.91 Å². The highest BCUT2D eigenvalue weighted by atomic mass is 127. The number of benzene rings is 3. The Morgan fingerprint density at radius 3 is 2.52 bits per heavy atom. The van der Waals surface area contributed by atoms with Crippen molar-refractivity contribution in [1.29, 1.82) is 10.5 Å². The van der Waals surface area contributed by atoms with Gasteiger partial charge in [0.05, 0.1) is 15.2 Å². The maximum atomic E-state index is 12.4. The molecule has 0 spiro atoms. The van der Waals surface area contributed by atoms with Gasteiger partial charge in [-0.15, -0.1) is 0 Å². The van der Waals surface area contributed by atoms with E-state index in [0.29, 0.717) is 22.6 Å². The lowest BCUT2D eigenvalue weighted by atomic mass is 10.1. The third kappa shape index (κ3) is 5.84. The van der Waals surface area contributed by atoms with Crippen molar-refractivity contribution in [1.82, 2.24) is 0 Å². The summed E-state index contributed by atoms with van der Waals surface area (Å²) < 4.78 is 6.65. The number of rotatable bonds is 6. The lowest BCUT2D eigenvalue weighted by Crippen LogP contribution is -2.13. The smallest absolute Gasteiger partial charge is 0.266 e. The standard InChI is InChI=1S/C24H16IN3O3/c25-22-12-16(5-10-23(22)31-15-18-4-2-1-3-17(18)13-26)11-19(14-27)24(30)28-20-6-8-21(29)9-7-20/h1-12,29H,15H2,(H,28,30)/b19-11+. The first-order valence-electron chi connectivity index (χ1n) is 9.12. The van der Waals surface area contributed by atoms with Crippen LogP contribution in [0.3, 0.4) is 0 Å². The van der Waals surface area contributed by atoms with Gasteiger partial charge in [0.25, 0.3) is 5.91 Å². The molecule has 31 heavy (non-hydrogen) atoms. The molecule has 6 nitrogen and oxygen atoms in total. The van der Waals surface area contributed by atoms with Crippen molar-refractivity contribution in [2.75, 3.05) is 5.32 Å². The van der Waals surface area contributed by atoms with Crippen molar-refractivity contribution in [3.05, 3.63) is 92.6 Å². The molecule has 2 N–H and O–H groups in total. The van der Waals surface area contributed by atoms with E-state index in [1.54, 1.807) is 42.5 Å². The first kappa shape index (κ1) is 21.9. The number of phenols is 1. The lowest BCUT2D eigenvalue weighted by Gasteiger charge is -2.10. The van der Waals surface area contributed by atoms with Crippen LogP contribution in [0.1, 0.15) is 16.7 Å². The molecule has 3 aromatic carbocycles. The Labute approximate surface area is 193 Å². The number of halogens is 1. The predicted octanol–water partition coefficient (Wildman–Crippen LogP) is 4.99. The fraction of sp³-hybridized carbons (Fsp3) is 0.0417. The Kier molecular flexibility index (Phi) is 7.26. The summed E-state index contributed by atoms with van der Waals surface area (Å²) in [6, 6.07) is 22.6. The quantitative estimate of drug-likeness (QED) is 0.206. The third-order valence-corrected chi connectivity index (χ3v) is 5.12. The van der Waals surface area contributed by atoms with Crippen LogP contribution in [0.4, 0.5) is 5.69 Å². The largest absolute Gasteiger partial charge is 0.508 e. The molecule has 0 aromatic heterocycles. The summed E-state index contributed by atoms with van der Waals surface area (Å²) in [4.78, 5) is 12.4. The van der Waals surface area contributed by atoms with E-state index in [4.69, 9.17) is 4.74 Å². The molecule has 3 rings (SSSR count). The van der Waals surface area contributed by atoms with E-state index in [0.717, 1.165) is 9.13 Å². The maximum Gasteiger partial charge on any atom is 0.266 e. The number of amides is 1. The number of nitriles is 2. The Balaban J connectivity index is 1.72. The second-order valence-corrected chi connectivity index (χ2v) is 7.58. The number of phenolic OH excluding ortho intramolecular Hbond substituents is 1. The van der Waals surface area contributed by atoms with Crippen molar-refractivity contribution in [3.63, 3.8) is 0 Å². The lowest BCUT2D eigenvalue weighted by molar-refractivity contribution is -0.112. The van der Waals surface area contributed by atoms with Crippen LogP contribution >= 0.6 is 22.6 Å². The first-order valence-corrected chi connectivity index (χ1v) is 10.2. The zero-order valence-corrected chi connectivity index (χ0v) is 18.3. The van der Waals surface area contributed by atoms with Crippen LogP contribution < -0.4 is 10.1 Å². The minimum Gasteiger partial charge on any atom is -0.508 e. The summed E-state index contributed by atoms with van der Waals surface area (Å²) in [6.45, 7) is 0.257. The van der Waals surface area contributed by atoms with Crippen LogP contribution in [0.2, 0.25) is 0 Å². The summed E-state index contributed by atoms with van der Waals surface area (Å²) in [5.41, 5.74) is 2.45. The van der Waals surface area contributed by atoms with Gasteiger partial charge in [-0.2, -0.15) is 10.5 Å². The molecule has 0 atom stereocenters. The summed E-state index contributed by atoms with van der Waals surface area (Å²) in [5, 5.41) is 30.5. The van der Waals surface area contributed by atoms with Gasteiger partial charge in [0, 0.05) is 11.3 Å². The van der Waals surface area contributed by atoms with E-state index >= 15 is 0 Å². The third-order valence-electron chi connectivity index (χ3n) is 4.28. The summed E-state index contributed by atoms with van der Waals surface area (Å²) in [6.07, 6.45) is 1.49. The molecule has 0 aliphatic carbocycles. The number of nitrogens with one attached hydrogen (secondary N) is 1. The minimum atomic E-state index is -0.545. The normalized spacial score (nSPS) is 10.6. The van der Waals surface area contributed by atoms with Gasteiger partial charge < -0.3 is 15.2 Å². The van der Waals surface area contributed by atoms with Gasteiger partial charge in [-0.3, -0.25) is 4.79 Å². The van der Waals surface area contributed by atoms with Crippen LogP contribution in [0.25, 0.3) is 6.08 Å². The van der Waals surface area contributed by atoms with Gasteiger partial charge in [0.15, 0.2) is 0 Å². The van der Waals surface area contributed by atoms with Gasteiger partial charge >= 0.3 is 0 Å². The van der Waals surface area contributed by atoms with Gasteiger partial charge in [-0.25, -0.2) is 0 Å². The molecule has 0 saturated carbocycles. The molecule has 0 saturated heterocycles. The van der Waals surface area contributed by atoms with E-state index in [1.807, 2.05) is 18.2 Å². The molecule has 3 aromatic rings. The van der Waals surface area contributed by atoms with Gasteiger partial charge in [0.1, 0.15) is 29.7 Å². The number of carbonyl (C=O) groups excluding carboxylic acids is 1. The van der Waals surface area contributed by atoms with Gasteiger partial charge in [-0.05, 0) is 76.7 Å². The predicted molar refractivity (Wildman–Crippen MR) is 125 cm³/mol. The first-order chi connectivity index (χ1) is 15.0. The maximum absolute atomic E-state index is 12.4. The van der Waals surface area contributed by atoms with Crippen LogP contribution in [0.15, 0.2) is 72.3 Å². The number of anilines is 1.